The molecule has 2 N–H and O–H groups in total. The van der Waals surface area contributed by atoms with Gasteiger partial charge in [-0.05, 0) is 28.6 Å². The van der Waals surface area contributed by atoms with Crippen LogP contribution in [0.5, 0.6) is 0 Å². The van der Waals surface area contributed by atoms with Crippen molar-refractivity contribution in [1.82, 2.24) is 25.5 Å². The van der Waals surface area contributed by atoms with Crippen molar-refractivity contribution in [2.75, 3.05) is 11.9 Å². The molecule has 1 aromatic carbocycles. The summed E-state index contributed by atoms with van der Waals surface area (Å²) < 4.78 is 1.38. The zero-order valence-electron chi connectivity index (χ0n) is 11.1. The summed E-state index contributed by atoms with van der Waals surface area (Å²) in [5.74, 6) is -0.156. The fraction of sp³-hybridized carbons (Fsp3) is 0.333. The third-order valence-electron chi connectivity index (χ3n) is 2.55. The fourth-order valence-corrected chi connectivity index (χ4v) is 1.65. The topological polar surface area (TPSA) is 84.7 Å². The Balaban J connectivity index is 0.00000200. The van der Waals surface area contributed by atoms with Crippen molar-refractivity contribution >= 4 is 24.0 Å². The summed E-state index contributed by atoms with van der Waals surface area (Å²) in [5.41, 5.74) is 1.86. The SMILES string of the molecule is CCNCc1ccccc1NC(=O)Cn1cnnn1.Cl. The van der Waals surface area contributed by atoms with E-state index in [1.54, 1.807) is 0 Å². The molecule has 0 saturated carbocycles. The first kappa shape index (κ1) is 16.1. The Bertz CT molecular complexity index is 531. The lowest BCUT2D eigenvalue weighted by Crippen LogP contribution is -2.21. The van der Waals surface area contributed by atoms with Gasteiger partial charge in [0.25, 0.3) is 0 Å². The number of nitrogens with zero attached hydrogens (tertiary/aromatic N) is 4. The Hall–Kier alpha value is -1.99. The van der Waals surface area contributed by atoms with E-state index in [1.165, 1.54) is 11.0 Å². The lowest BCUT2D eigenvalue weighted by atomic mass is 10.1. The van der Waals surface area contributed by atoms with Gasteiger partial charge in [0.05, 0.1) is 0 Å². The molecular formula is C12H17ClN6O. The maximum atomic E-state index is 11.9. The molecule has 0 bridgehead atoms. The zero-order chi connectivity index (χ0) is 13.5. The maximum absolute atomic E-state index is 11.9. The predicted octanol–water partition coefficient (Wildman–Crippen LogP) is 0.843. The van der Waals surface area contributed by atoms with Crippen molar-refractivity contribution in [3.8, 4) is 0 Å². The summed E-state index contributed by atoms with van der Waals surface area (Å²) in [6, 6.07) is 7.70. The zero-order valence-corrected chi connectivity index (χ0v) is 11.9. The number of hydrogen-bond donors (Lipinski definition) is 2. The van der Waals surface area contributed by atoms with E-state index in [-0.39, 0.29) is 24.9 Å². The minimum atomic E-state index is -0.156. The second-order valence-electron chi connectivity index (χ2n) is 3.99. The number of benzene rings is 1. The maximum Gasteiger partial charge on any atom is 0.246 e. The Kier molecular flexibility index (Phi) is 6.61. The molecule has 0 aliphatic heterocycles. The number of halogens is 1. The third-order valence-corrected chi connectivity index (χ3v) is 2.55. The number of amides is 1. The van der Waals surface area contributed by atoms with E-state index in [2.05, 4.69) is 26.2 Å². The molecule has 1 aromatic heterocycles. The minimum absolute atomic E-state index is 0. The number of carbonyl (C=O) groups excluding carboxylic acids is 1. The summed E-state index contributed by atoms with van der Waals surface area (Å²) in [6.07, 6.45) is 1.41. The van der Waals surface area contributed by atoms with Crippen molar-refractivity contribution in [2.24, 2.45) is 0 Å². The fourth-order valence-electron chi connectivity index (χ4n) is 1.65. The minimum Gasteiger partial charge on any atom is -0.324 e. The van der Waals surface area contributed by atoms with E-state index in [0.717, 1.165) is 24.3 Å². The van der Waals surface area contributed by atoms with Crippen LogP contribution in [0.1, 0.15) is 12.5 Å². The molecule has 20 heavy (non-hydrogen) atoms. The molecular weight excluding hydrogens is 280 g/mol. The largest absolute Gasteiger partial charge is 0.324 e. The Morgan fingerprint density at radius 1 is 1.35 bits per heavy atom. The molecule has 0 atom stereocenters. The van der Waals surface area contributed by atoms with Gasteiger partial charge in [0, 0.05) is 12.2 Å². The molecule has 8 heteroatoms. The lowest BCUT2D eigenvalue weighted by Gasteiger charge is -2.11. The van der Waals surface area contributed by atoms with E-state index in [0.29, 0.717) is 0 Å². The number of nitrogens with one attached hydrogen (secondary N) is 2. The normalized spacial score (nSPS) is 9.85. The number of aromatic nitrogens is 4. The summed E-state index contributed by atoms with van der Waals surface area (Å²) in [7, 11) is 0. The highest BCUT2D eigenvalue weighted by atomic mass is 35.5. The van der Waals surface area contributed by atoms with Crippen molar-refractivity contribution < 1.29 is 4.79 Å². The van der Waals surface area contributed by atoms with Crippen LogP contribution in [-0.4, -0.2) is 32.7 Å². The summed E-state index contributed by atoms with van der Waals surface area (Å²) in [5, 5.41) is 16.7. The number of tetrazole rings is 1. The van der Waals surface area contributed by atoms with Crippen molar-refractivity contribution in [3.63, 3.8) is 0 Å². The number of hydrogen-bond acceptors (Lipinski definition) is 5. The molecule has 0 spiro atoms. The molecule has 0 aliphatic rings. The average molecular weight is 297 g/mol. The van der Waals surface area contributed by atoms with Crippen LogP contribution in [0, 0.1) is 0 Å². The van der Waals surface area contributed by atoms with Crippen LogP contribution in [0.15, 0.2) is 30.6 Å². The Morgan fingerprint density at radius 2 is 2.15 bits per heavy atom. The second kappa shape index (κ2) is 8.23. The number of anilines is 1. The van der Waals surface area contributed by atoms with Crippen LogP contribution in [0.4, 0.5) is 5.69 Å². The van der Waals surface area contributed by atoms with Gasteiger partial charge in [0.15, 0.2) is 0 Å². The van der Waals surface area contributed by atoms with Gasteiger partial charge in [-0.3, -0.25) is 4.79 Å². The van der Waals surface area contributed by atoms with E-state index in [4.69, 9.17) is 0 Å². The smallest absolute Gasteiger partial charge is 0.246 e. The standard InChI is InChI=1S/C12H16N6O.ClH/c1-2-13-7-10-5-3-4-6-11(10)15-12(19)8-18-9-14-16-17-18;/h3-6,9,13H,2,7-8H2,1H3,(H,15,19);1H. The van der Waals surface area contributed by atoms with Gasteiger partial charge in [-0.15, -0.1) is 17.5 Å². The lowest BCUT2D eigenvalue weighted by molar-refractivity contribution is -0.116. The van der Waals surface area contributed by atoms with Crippen LogP contribution in [0.3, 0.4) is 0 Å². The first-order chi connectivity index (χ1) is 9.29. The van der Waals surface area contributed by atoms with E-state index in [1.807, 2.05) is 31.2 Å². The highest BCUT2D eigenvalue weighted by Gasteiger charge is 2.07. The van der Waals surface area contributed by atoms with Gasteiger partial charge < -0.3 is 10.6 Å². The van der Waals surface area contributed by atoms with Crippen molar-refractivity contribution in [2.45, 2.75) is 20.0 Å². The number of rotatable bonds is 6. The van der Waals surface area contributed by atoms with Gasteiger partial charge in [-0.2, -0.15) is 0 Å². The first-order valence-corrected chi connectivity index (χ1v) is 6.09. The van der Waals surface area contributed by atoms with Crippen molar-refractivity contribution in [1.29, 1.82) is 0 Å². The highest BCUT2D eigenvalue weighted by molar-refractivity contribution is 5.91. The molecule has 2 aromatic rings. The van der Waals surface area contributed by atoms with Gasteiger partial charge in [0.1, 0.15) is 12.9 Å². The van der Waals surface area contributed by atoms with Crippen LogP contribution in [0.25, 0.3) is 0 Å². The highest BCUT2D eigenvalue weighted by Crippen LogP contribution is 2.14. The molecule has 7 nitrogen and oxygen atoms in total. The molecule has 0 radical (unpaired) electrons. The third kappa shape index (κ3) is 4.60. The molecule has 0 saturated heterocycles. The molecule has 1 amide bonds. The molecule has 1 heterocycles. The van der Waals surface area contributed by atoms with E-state index < -0.39 is 0 Å². The number of para-hydroxylation sites is 1. The number of carbonyl (C=O) groups is 1. The van der Waals surface area contributed by atoms with Crippen LogP contribution < -0.4 is 10.6 Å². The summed E-state index contributed by atoms with van der Waals surface area (Å²) >= 11 is 0. The first-order valence-electron chi connectivity index (χ1n) is 6.09. The molecule has 0 fully saturated rings. The quantitative estimate of drug-likeness (QED) is 0.825. The predicted molar refractivity (Wildman–Crippen MR) is 77.5 cm³/mol. The monoisotopic (exact) mass is 296 g/mol. The van der Waals surface area contributed by atoms with Gasteiger partial charge >= 0.3 is 0 Å². The Morgan fingerprint density at radius 3 is 2.85 bits per heavy atom. The second-order valence-corrected chi connectivity index (χ2v) is 3.99. The van der Waals surface area contributed by atoms with Gasteiger partial charge in [0.2, 0.25) is 5.91 Å². The van der Waals surface area contributed by atoms with Gasteiger partial charge in [-0.1, -0.05) is 25.1 Å². The van der Waals surface area contributed by atoms with E-state index in [9.17, 15) is 4.79 Å². The molecule has 0 unspecified atom stereocenters. The van der Waals surface area contributed by atoms with Crippen LogP contribution in [0.2, 0.25) is 0 Å². The summed E-state index contributed by atoms with van der Waals surface area (Å²) in [6.45, 7) is 3.74. The average Bonchev–Trinajstić information content (AvgIpc) is 2.90. The van der Waals surface area contributed by atoms with Crippen molar-refractivity contribution in [3.05, 3.63) is 36.2 Å². The summed E-state index contributed by atoms with van der Waals surface area (Å²) in [4.78, 5) is 11.9. The van der Waals surface area contributed by atoms with E-state index >= 15 is 0 Å². The Labute approximate surface area is 123 Å². The van der Waals surface area contributed by atoms with Crippen LogP contribution in [-0.2, 0) is 17.9 Å². The van der Waals surface area contributed by atoms with Gasteiger partial charge in [-0.25, -0.2) is 4.68 Å². The molecule has 0 aliphatic carbocycles. The molecule has 108 valence electrons. The van der Waals surface area contributed by atoms with Crippen LogP contribution >= 0.6 is 12.4 Å². The molecule has 2 rings (SSSR count).